The van der Waals surface area contributed by atoms with Gasteiger partial charge in [0, 0.05) is 29.3 Å². The topological polar surface area (TPSA) is 64.0 Å². The Kier molecular flexibility index (Phi) is 7.38. The molecule has 0 atom stereocenters. The second-order valence-electron chi connectivity index (χ2n) is 7.84. The van der Waals surface area contributed by atoms with Crippen LogP contribution in [0, 0.1) is 34.6 Å². The van der Waals surface area contributed by atoms with E-state index in [1.165, 1.54) is 17.3 Å². The van der Waals surface area contributed by atoms with Gasteiger partial charge in [-0.05, 0) is 57.7 Å². The second-order valence-corrected chi connectivity index (χ2v) is 10.1. The largest absolute Gasteiger partial charge is 0.326 e. The number of hydrogen-bond donors (Lipinski definition) is 1. The fourth-order valence-electron chi connectivity index (χ4n) is 3.68. The van der Waals surface area contributed by atoms with Crippen molar-refractivity contribution in [3.8, 4) is 0 Å². The molecule has 2 heterocycles. The first-order chi connectivity index (χ1) is 14.7. The highest BCUT2D eigenvalue weighted by Gasteiger charge is 2.16. The van der Waals surface area contributed by atoms with Gasteiger partial charge in [0.15, 0.2) is 5.16 Å². The van der Waals surface area contributed by atoms with Crippen LogP contribution in [0.5, 0.6) is 0 Å². The number of carbonyl (C=O) groups is 1. The minimum atomic E-state index is -0.0164. The van der Waals surface area contributed by atoms with Crippen LogP contribution in [0.4, 0.5) is 5.69 Å². The van der Waals surface area contributed by atoms with Gasteiger partial charge in [0.1, 0.15) is 4.83 Å². The molecule has 2 aromatic heterocycles. The van der Waals surface area contributed by atoms with E-state index in [1.54, 1.807) is 22.0 Å². The predicted octanol–water partition coefficient (Wildman–Crippen LogP) is 5.70. The quantitative estimate of drug-likeness (QED) is 0.205. The minimum absolute atomic E-state index is 0.00653. The molecule has 1 N–H and O–H groups in total. The number of benzene rings is 1. The Labute approximate surface area is 191 Å². The number of hydrogen-bond acceptors (Lipinski definition) is 5. The highest BCUT2D eigenvalue weighted by molar-refractivity contribution is 7.99. The summed E-state index contributed by atoms with van der Waals surface area (Å²) < 4.78 is 1.68. The molecule has 1 amide bonds. The summed E-state index contributed by atoms with van der Waals surface area (Å²) in [5.41, 5.74) is 5.23. The zero-order valence-corrected chi connectivity index (χ0v) is 20.4. The lowest BCUT2D eigenvalue weighted by atomic mass is 10.0. The summed E-state index contributed by atoms with van der Waals surface area (Å²) in [5.74, 6) is 0.713. The van der Waals surface area contributed by atoms with E-state index in [2.05, 4.69) is 31.0 Å². The van der Waals surface area contributed by atoms with Crippen LogP contribution in [-0.2, 0) is 11.3 Å². The zero-order chi connectivity index (χ0) is 22.7. The van der Waals surface area contributed by atoms with Gasteiger partial charge >= 0.3 is 0 Å². The highest BCUT2D eigenvalue weighted by Crippen LogP contribution is 2.29. The predicted molar refractivity (Wildman–Crippen MR) is 133 cm³/mol. The van der Waals surface area contributed by atoms with Crippen molar-refractivity contribution in [2.24, 2.45) is 0 Å². The van der Waals surface area contributed by atoms with E-state index in [0.29, 0.717) is 35.7 Å². The van der Waals surface area contributed by atoms with Crippen LogP contribution < -0.4 is 10.9 Å². The summed E-state index contributed by atoms with van der Waals surface area (Å²) in [5, 5.41) is 4.44. The molecule has 3 aromatic rings. The maximum absolute atomic E-state index is 13.0. The van der Waals surface area contributed by atoms with Gasteiger partial charge in [-0.3, -0.25) is 14.2 Å². The Morgan fingerprint density at radius 2 is 1.90 bits per heavy atom. The van der Waals surface area contributed by atoms with Crippen molar-refractivity contribution in [1.82, 2.24) is 9.55 Å². The van der Waals surface area contributed by atoms with Gasteiger partial charge in [-0.2, -0.15) is 0 Å². The number of rotatable bonds is 8. The molecule has 0 aliphatic heterocycles. The molecule has 0 unspecified atom stereocenters. The first-order valence-corrected chi connectivity index (χ1v) is 12.1. The molecule has 0 aliphatic carbocycles. The van der Waals surface area contributed by atoms with Crippen molar-refractivity contribution in [2.75, 3.05) is 11.1 Å². The summed E-state index contributed by atoms with van der Waals surface area (Å²) in [6.07, 6.45) is 2.84. The molecule has 1 aromatic carbocycles. The van der Waals surface area contributed by atoms with Crippen LogP contribution in [-0.4, -0.2) is 21.2 Å². The molecule has 0 aliphatic rings. The molecule has 0 saturated carbocycles. The molecule has 164 valence electrons. The third-order valence-electron chi connectivity index (χ3n) is 5.29. The Hall–Kier alpha value is -2.38. The minimum Gasteiger partial charge on any atom is -0.326 e. The molecule has 31 heavy (non-hydrogen) atoms. The number of aromatic nitrogens is 2. The summed E-state index contributed by atoms with van der Waals surface area (Å²) in [6, 6.07) is 4.15. The van der Waals surface area contributed by atoms with E-state index in [0.717, 1.165) is 32.1 Å². The van der Waals surface area contributed by atoms with Gasteiger partial charge in [-0.25, -0.2) is 4.98 Å². The zero-order valence-electron chi connectivity index (χ0n) is 18.8. The molecular weight excluding hydrogens is 426 g/mol. The molecular formula is C24H29N3O2S2. The molecule has 5 nitrogen and oxygen atoms in total. The fraction of sp³-hybridized carbons (Fsp3) is 0.375. The molecule has 0 saturated heterocycles. The van der Waals surface area contributed by atoms with Crippen LogP contribution in [0.3, 0.4) is 0 Å². The summed E-state index contributed by atoms with van der Waals surface area (Å²) >= 11 is 3.07. The number of aryl methyl sites for hydroxylation is 5. The number of anilines is 1. The lowest BCUT2D eigenvalue weighted by Crippen LogP contribution is -2.22. The van der Waals surface area contributed by atoms with E-state index < -0.39 is 0 Å². The van der Waals surface area contributed by atoms with Gasteiger partial charge in [-0.1, -0.05) is 35.5 Å². The number of allylic oxidation sites excluding steroid dienone is 1. The Balaban J connectivity index is 1.66. The van der Waals surface area contributed by atoms with Crippen LogP contribution in [0.15, 0.2) is 34.7 Å². The lowest BCUT2D eigenvalue weighted by molar-refractivity contribution is -0.116. The number of thioether (sulfide) groups is 1. The van der Waals surface area contributed by atoms with Crippen molar-refractivity contribution >= 4 is 44.9 Å². The summed E-state index contributed by atoms with van der Waals surface area (Å²) in [6.45, 7) is 14.3. The summed E-state index contributed by atoms with van der Waals surface area (Å²) in [4.78, 5) is 32.1. The Bertz CT molecular complexity index is 1180. The van der Waals surface area contributed by atoms with Gasteiger partial charge in [-0.15, -0.1) is 17.9 Å². The second kappa shape index (κ2) is 9.83. The van der Waals surface area contributed by atoms with Gasteiger partial charge in [0.25, 0.3) is 5.56 Å². The van der Waals surface area contributed by atoms with Crippen LogP contribution >= 0.6 is 23.1 Å². The third-order valence-corrected chi connectivity index (χ3v) is 7.45. The van der Waals surface area contributed by atoms with Crippen molar-refractivity contribution in [3.63, 3.8) is 0 Å². The van der Waals surface area contributed by atoms with Crippen LogP contribution in [0.1, 0.15) is 40.0 Å². The molecule has 0 radical (unpaired) electrons. The average molecular weight is 456 g/mol. The number of thiophene rings is 1. The van der Waals surface area contributed by atoms with Crippen molar-refractivity contribution < 1.29 is 4.79 Å². The van der Waals surface area contributed by atoms with Crippen molar-refractivity contribution in [3.05, 3.63) is 62.3 Å². The van der Waals surface area contributed by atoms with Crippen LogP contribution in [0.25, 0.3) is 10.2 Å². The average Bonchev–Trinajstić information content (AvgIpc) is 2.98. The standard InChI is InChI=1S/C24H29N3O2S2/c1-7-10-27-23(29)20-17(5)18(6)31-22(20)26-24(27)30-11-8-9-19(28)25-21-15(3)12-14(2)13-16(21)4/h7,12-13H,1,8-11H2,2-6H3,(H,25,28). The molecule has 3 rings (SSSR count). The monoisotopic (exact) mass is 455 g/mol. The molecule has 0 fully saturated rings. The Morgan fingerprint density at radius 1 is 1.23 bits per heavy atom. The SMILES string of the molecule is C=CCn1c(SCCCC(=O)Nc2c(C)cc(C)cc2C)nc2sc(C)c(C)c2c1=O. The van der Waals surface area contributed by atoms with Gasteiger partial charge in [0.05, 0.1) is 5.39 Å². The lowest BCUT2D eigenvalue weighted by Gasteiger charge is -2.13. The highest BCUT2D eigenvalue weighted by atomic mass is 32.2. The normalized spacial score (nSPS) is 11.1. The van der Waals surface area contributed by atoms with Crippen molar-refractivity contribution in [1.29, 1.82) is 0 Å². The first kappa shape index (κ1) is 23.3. The van der Waals surface area contributed by atoms with Gasteiger partial charge < -0.3 is 5.32 Å². The fourth-order valence-corrected chi connectivity index (χ4v) is 5.70. The molecule has 0 spiro atoms. The number of fused-ring (bicyclic) bond motifs is 1. The van der Waals surface area contributed by atoms with Crippen LogP contribution in [0.2, 0.25) is 0 Å². The maximum atomic E-state index is 13.0. The summed E-state index contributed by atoms with van der Waals surface area (Å²) in [7, 11) is 0. The number of carbonyl (C=O) groups excluding carboxylic acids is 1. The number of amides is 1. The first-order valence-electron chi connectivity index (χ1n) is 10.3. The van der Waals surface area contributed by atoms with Gasteiger partial charge in [0.2, 0.25) is 5.91 Å². The molecule has 0 bridgehead atoms. The Morgan fingerprint density at radius 3 is 2.55 bits per heavy atom. The number of nitrogens with one attached hydrogen (secondary N) is 1. The molecule has 7 heteroatoms. The van der Waals surface area contributed by atoms with E-state index in [-0.39, 0.29) is 11.5 Å². The van der Waals surface area contributed by atoms with E-state index in [1.807, 2.05) is 27.7 Å². The van der Waals surface area contributed by atoms with E-state index >= 15 is 0 Å². The van der Waals surface area contributed by atoms with Crippen molar-refractivity contribution in [2.45, 2.75) is 59.2 Å². The number of nitrogens with zero attached hydrogens (tertiary/aromatic N) is 2. The van der Waals surface area contributed by atoms with E-state index in [9.17, 15) is 9.59 Å². The smallest absolute Gasteiger partial charge is 0.263 e. The maximum Gasteiger partial charge on any atom is 0.263 e. The third kappa shape index (κ3) is 5.10. The van der Waals surface area contributed by atoms with E-state index in [4.69, 9.17) is 4.98 Å².